The highest BCUT2D eigenvalue weighted by Crippen LogP contribution is 2.33. The number of carbonyl (C=O) groups excluding carboxylic acids is 1. The average molecular weight is 338 g/mol. The Labute approximate surface area is 141 Å². The quantitative estimate of drug-likeness (QED) is 0.841. The van der Waals surface area contributed by atoms with Crippen molar-refractivity contribution < 1.29 is 14.3 Å². The van der Waals surface area contributed by atoms with Crippen LogP contribution in [0.4, 0.5) is 4.79 Å². The van der Waals surface area contributed by atoms with Crippen LogP contribution in [0, 0.1) is 0 Å². The Morgan fingerprint density at radius 3 is 2.96 bits per heavy atom. The number of nitrogens with one attached hydrogen (secondary N) is 1. The average Bonchev–Trinajstić information content (AvgIpc) is 2.91. The van der Waals surface area contributed by atoms with Gasteiger partial charge in [-0.25, -0.2) is 9.48 Å². The molecule has 2 fully saturated rings. The number of amides is 2. The maximum absolute atomic E-state index is 12.5. The lowest BCUT2D eigenvalue weighted by molar-refractivity contribution is -0.189. The van der Waals surface area contributed by atoms with E-state index in [9.17, 15) is 4.79 Å². The van der Waals surface area contributed by atoms with Crippen LogP contribution in [0.3, 0.4) is 0 Å². The molecule has 9 heteroatoms. The molecule has 2 aliphatic heterocycles. The van der Waals surface area contributed by atoms with Gasteiger partial charge < -0.3 is 19.7 Å². The van der Waals surface area contributed by atoms with E-state index in [0.29, 0.717) is 32.7 Å². The first-order chi connectivity index (χ1) is 11.5. The number of aryl methyl sites for hydroxylation is 1. The molecule has 24 heavy (non-hydrogen) atoms. The summed E-state index contributed by atoms with van der Waals surface area (Å²) in [5.41, 5.74) is -0.278. The summed E-state index contributed by atoms with van der Waals surface area (Å²) in [4.78, 5) is 14.4. The number of hydrogen-bond acceptors (Lipinski definition) is 6. The van der Waals surface area contributed by atoms with Crippen LogP contribution in [0.15, 0.2) is 0 Å². The summed E-state index contributed by atoms with van der Waals surface area (Å²) < 4.78 is 13.5. The second-order valence-corrected chi connectivity index (χ2v) is 6.83. The number of urea groups is 1. The number of rotatable bonds is 3. The first kappa shape index (κ1) is 17.1. The molecule has 9 nitrogen and oxygen atoms in total. The molecule has 0 aliphatic carbocycles. The van der Waals surface area contributed by atoms with Gasteiger partial charge in [0.15, 0.2) is 5.82 Å². The molecule has 3 atom stereocenters. The van der Waals surface area contributed by atoms with E-state index in [1.807, 2.05) is 11.8 Å². The van der Waals surface area contributed by atoms with Crippen molar-refractivity contribution in [2.75, 3.05) is 26.2 Å². The van der Waals surface area contributed by atoms with Crippen LogP contribution < -0.4 is 5.32 Å². The highest BCUT2D eigenvalue weighted by atomic mass is 16.5. The molecule has 0 bridgehead atoms. The second-order valence-electron chi connectivity index (χ2n) is 6.83. The fraction of sp³-hybridized carbons (Fsp3) is 0.867. The zero-order chi connectivity index (χ0) is 17.2. The Kier molecular flexibility index (Phi) is 5.00. The molecule has 1 aromatic heterocycles. The monoisotopic (exact) mass is 338 g/mol. The van der Waals surface area contributed by atoms with Gasteiger partial charge in [-0.3, -0.25) is 0 Å². The zero-order valence-electron chi connectivity index (χ0n) is 14.6. The molecule has 0 aromatic carbocycles. The lowest BCUT2D eigenvalue weighted by Crippen LogP contribution is -2.61. The fourth-order valence-corrected chi connectivity index (χ4v) is 3.61. The van der Waals surface area contributed by atoms with E-state index in [0.717, 1.165) is 18.7 Å². The largest absolute Gasteiger partial charge is 0.378 e. The molecule has 134 valence electrons. The molecule has 0 radical (unpaired) electrons. The lowest BCUT2D eigenvalue weighted by atomic mass is 9.88. The Hall–Kier alpha value is -1.74. The Morgan fingerprint density at radius 1 is 1.42 bits per heavy atom. The van der Waals surface area contributed by atoms with Crippen molar-refractivity contribution in [1.82, 2.24) is 30.4 Å². The van der Waals surface area contributed by atoms with E-state index in [1.54, 1.807) is 11.7 Å². The molecule has 3 unspecified atom stereocenters. The van der Waals surface area contributed by atoms with Gasteiger partial charge in [0.1, 0.15) is 0 Å². The van der Waals surface area contributed by atoms with Gasteiger partial charge >= 0.3 is 6.03 Å². The lowest BCUT2D eigenvalue weighted by Gasteiger charge is -2.48. The Bertz CT molecular complexity index is 575. The number of hydrogen-bond donors (Lipinski definition) is 1. The SMILES string of the molecule is CC1CC2(CCO1)CN(C(=O)NCCc1nnnn1C)CC(C)O2. The van der Waals surface area contributed by atoms with Gasteiger partial charge in [-0.05, 0) is 24.3 Å². The maximum atomic E-state index is 12.5. The molecule has 3 rings (SSSR count). The summed E-state index contributed by atoms with van der Waals surface area (Å²) >= 11 is 0. The molecular weight excluding hydrogens is 312 g/mol. The van der Waals surface area contributed by atoms with Crippen molar-refractivity contribution in [2.45, 2.75) is 50.9 Å². The van der Waals surface area contributed by atoms with Crippen molar-refractivity contribution in [3.05, 3.63) is 5.82 Å². The third-order valence-electron chi connectivity index (χ3n) is 4.65. The number of nitrogens with zero attached hydrogens (tertiary/aromatic N) is 5. The molecule has 2 amide bonds. The molecule has 2 saturated heterocycles. The Balaban J connectivity index is 1.54. The summed E-state index contributed by atoms with van der Waals surface area (Å²) in [6.45, 7) is 6.49. The van der Waals surface area contributed by atoms with E-state index < -0.39 is 0 Å². The van der Waals surface area contributed by atoms with Crippen LogP contribution in [0.25, 0.3) is 0 Å². The third kappa shape index (κ3) is 3.84. The maximum Gasteiger partial charge on any atom is 0.317 e. The minimum Gasteiger partial charge on any atom is -0.378 e. The van der Waals surface area contributed by atoms with Gasteiger partial charge in [-0.1, -0.05) is 0 Å². The molecule has 1 spiro atoms. The van der Waals surface area contributed by atoms with Crippen LogP contribution in [-0.2, 0) is 22.9 Å². The van der Waals surface area contributed by atoms with E-state index >= 15 is 0 Å². The highest BCUT2D eigenvalue weighted by molar-refractivity contribution is 5.74. The summed E-state index contributed by atoms with van der Waals surface area (Å²) in [6.07, 6.45) is 2.45. The summed E-state index contributed by atoms with van der Waals surface area (Å²) in [5.74, 6) is 0.750. The molecule has 0 saturated carbocycles. The standard InChI is InChI=1S/C15H26N6O3/c1-11-8-15(5-7-23-11)10-21(9-12(2)24-15)14(22)16-6-4-13-17-18-19-20(13)3/h11-12H,4-10H2,1-3H3,(H,16,22). The normalized spacial score (nSPS) is 30.5. The number of ether oxygens (including phenoxy) is 2. The summed E-state index contributed by atoms with van der Waals surface area (Å²) in [5, 5.41) is 14.3. The zero-order valence-corrected chi connectivity index (χ0v) is 14.6. The topological polar surface area (TPSA) is 94.4 Å². The smallest absolute Gasteiger partial charge is 0.317 e. The number of carbonyl (C=O) groups is 1. The number of morpholine rings is 1. The third-order valence-corrected chi connectivity index (χ3v) is 4.65. The Morgan fingerprint density at radius 2 is 2.25 bits per heavy atom. The highest BCUT2D eigenvalue weighted by Gasteiger charge is 2.43. The van der Waals surface area contributed by atoms with Gasteiger partial charge in [-0.15, -0.1) is 5.10 Å². The van der Waals surface area contributed by atoms with Gasteiger partial charge in [-0.2, -0.15) is 0 Å². The van der Waals surface area contributed by atoms with E-state index in [-0.39, 0.29) is 23.8 Å². The van der Waals surface area contributed by atoms with Gasteiger partial charge in [0.05, 0.1) is 24.4 Å². The summed E-state index contributed by atoms with van der Waals surface area (Å²) in [6, 6.07) is -0.0567. The summed E-state index contributed by atoms with van der Waals surface area (Å²) in [7, 11) is 1.79. The number of aromatic nitrogens is 4. The van der Waals surface area contributed by atoms with Crippen molar-refractivity contribution in [2.24, 2.45) is 7.05 Å². The predicted molar refractivity (Wildman–Crippen MR) is 85.4 cm³/mol. The van der Waals surface area contributed by atoms with Crippen molar-refractivity contribution in [3.63, 3.8) is 0 Å². The van der Waals surface area contributed by atoms with Crippen LogP contribution in [0.1, 0.15) is 32.5 Å². The van der Waals surface area contributed by atoms with E-state index in [4.69, 9.17) is 9.47 Å². The van der Waals surface area contributed by atoms with Crippen molar-refractivity contribution in [1.29, 1.82) is 0 Å². The predicted octanol–water partition coefficient (Wildman–Crippen LogP) is 0.121. The van der Waals surface area contributed by atoms with Crippen LogP contribution in [0.2, 0.25) is 0 Å². The van der Waals surface area contributed by atoms with Crippen LogP contribution in [-0.4, -0.2) is 75.2 Å². The molecule has 2 aliphatic rings. The first-order valence-electron chi connectivity index (χ1n) is 8.51. The first-order valence-corrected chi connectivity index (χ1v) is 8.51. The molecule has 1 N–H and O–H groups in total. The minimum atomic E-state index is -0.278. The van der Waals surface area contributed by atoms with Gasteiger partial charge in [0.2, 0.25) is 0 Å². The molecular formula is C15H26N6O3. The van der Waals surface area contributed by atoms with E-state index in [2.05, 4.69) is 27.8 Å². The van der Waals surface area contributed by atoms with E-state index in [1.165, 1.54) is 0 Å². The van der Waals surface area contributed by atoms with Crippen LogP contribution in [0.5, 0.6) is 0 Å². The fourth-order valence-electron chi connectivity index (χ4n) is 3.61. The van der Waals surface area contributed by atoms with Crippen LogP contribution >= 0.6 is 0 Å². The van der Waals surface area contributed by atoms with Crippen molar-refractivity contribution >= 4 is 6.03 Å². The van der Waals surface area contributed by atoms with Gasteiger partial charge in [0.25, 0.3) is 0 Å². The molecule has 1 aromatic rings. The second kappa shape index (κ2) is 7.02. The van der Waals surface area contributed by atoms with Crippen molar-refractivity contribution in [3.8, 4) is 0 Å². The minimum absolute atomic E-state index is 0.0257. The molecule has 3 heterocycles. The number of tetrazole rings is 1. The van der Waals surface area contributed by atoms with Gasteiger partial charge in [0, 0.05) is 46.0 Å².